The van der Waals surface area contributed by atoms with Gasteiger partial charge in [0, 0.05) is 13.1 Å². The van der Waals surface area contributed by atoms with E-state index in [9.17, 15) is 14.7 Å². The van der Waals surface area contributed by atoms with Crippen LogP contribution in [0.4, 0.5) is 5.69 Å². The number of nitrogens with zero attached hydrogens (tertiary/aromatic N) is 2. The molecule has 0 aromatic heterocycles. The van der Waals surface area contributed by atoms with E-state index in [0.29, 0.717) is 36.1 Å². The van der Waals surface area contributed by atoms with Gasteiger partial charge in [-0.05, 0) is 56.3 Å². The molecule has 9 heteroatoms. The Hall–Kier alpha value is -2.10. The van der Waals surface area contributed by atoms with Gasteiger partial charge in [0.1, 0.15) is 11.9 Å². The lowest BCUT2D eigenvalue weighted by Gasteiger charge is -2.28. The second kappa shape index (κ2) is 12.4. The third-order valence-electron chi connectivity index (χ3n) is 6.81. The molecule has 2 heterocycles. The number of anilines is 1. The molecule has 0 aliphatic carbocycles. The van der Waals surface area contributed by atoms with Crippen molar-refractivity contribution in [3.63, 3.8) is 0 Å². The summed E-state index contributed by atoms with van der Waals surface area (Å²) in [5, 5.41) is 14.5. The molecule has 1 saturated heterocycles. The van der Waals surface area contributed by atoms with E-state index < -0.39 is 11.4 Å². The summed E-state index contributed by atoms with van der Waals surface area (Å²) in [5.41, 5.74) is 1.49. The number of methoxy groups -OCH3 is 1. The van der Waals surface area contributed by atoms with E-state index in [1.807, 2.05) is 48.3 Å². The van der Waals surface area contributed by atoms with Crippen molar-refractivity contribution in [3.05, 3.63) is 53.1 Å². The number of aliphatic hydroxyl groups excluding tert-OH is 1. The third kappa shape index (κ3) is 6.23. The maximum atomic E-state index is 13.5. The number of rotatable bonds is 8. The van der Waals surface area contributed by atoms with Crippen LogP contribution in [-0.2, 0) is 9.59 Å². The van der Waals surface area contributed by atoms with Gasteiger partial charge in [-0.25, -0.2) is 0 Å². The average molecular weight is 532 g/mol. The van der Waals surface area contributed by atoms with Crippen LogP contribution in [0.3, 0.4) is 0 Å². The first-order chi connectivity index (χ1) is 17.4. The average Bonchev–Trinajstić information content (AvgIpc) is 3.22. The fourth-order valence-corrected chi connectivity index (χ4v) is 6.31. The summed E-state index contributed by atoms with van der Waals surface area (Å²) < 4.78 is 5.25. The number of fused-ring (bicyclic) bond motifs is 1. The minimum Gasteiger partial charge on any atom is -0.497 e. The van der Waals surface area contributed by atoms with Gasteiger partial charge in [-0.1, -0.05) is 42.6 Å². The molecule has 2 N–H and O–H groups in total. The largest absolute Gasteiger partial charge is 0.497 e. The molecule has 2 aliphatic rings. The SMILES string of the molecule is COc1ccc(C2Sc3c(Cl)cccc3N(CCN(C)CC(=O)C3CCCCCN3)C(=O)C2O)cc1. The topological polar surface area (TPSA) is 82.1 Å². The molecular formula is C27H34ClN3O4S. The molecule has 0 bridgehead atoms. The van der Waals surface area contributed by atoms with Gasteiger partial charge < -0.3 is 20.1 Å². The van der Waals surface area contributed by atoms with Gasteiger partial charge in [0.25, 0.3) is 5.91 Å². The minimum atomic E-state index is -1.26. The highest BCUT2D eigenvalue weighted by atomic mass is 35.5. The second-order valence-electron chi connectivity index (χ2n) is 9.39. The third-order valence-corrected chi connectivity index (χ3v) is 8.69. The Labute approximate surface area is 222 Å². The maximum absolute atomic E-state index is 13.5. The number of hydrogen-bond donors (Lipinski definition) is 2. The number of amides is 1. The molecule has 1 fully saturated rings. The standard InChI is InChI=1S/C27H34ClN3O4S/c1-30(17-23(32)21-8-4-3-5-14-29-21)15-16-31-22-9-6-7-20(28)26(22)36-25(24(33)27(31)34)18-10-12-19(35-2)13-11-18/h6-7,9-13,21,24-25,29,33H,3-5,8,14-17H2,1-2H3. The zero-order valence-electron chi connectivity index (χ0n) is 20.8. The van der Waals surface area contributed by atoms with E-state index in [1.165, 1.54) is 11.8 Å². The molecule has 0 spiro atoms. The van der Waals surface area contributed by atoms with Crippen LogP contribution < -0.4 is 15.0 Å². The van der Waals surface area contributed by atoms with Crippen molar-refractivity contribution in [1.82, 2.24) is 10.2 Å². The van der Waals surface area contributed by atoms with Crippen molar-refractivity contribution in [2.75, 3.05) is 45.2 Å². The Kier molecular flexibility index (Phi) is 9.30. The number of carbonyl (C=O) groups excluding carboxylic acids is 2. The molecular weight excluding hydrogens is 498 g/mol. The van der Waals surface area contributed by atoms with Gasteiger partial charge >= 0.3 is 0 Å². The number of ether oxygens (including phenoxy) is 1. The van der Waals surface area contributed by atoms with Crippen molar-refractivity contribution in [2.24, 2.45) is 0 Å². The van der Waals surface area contributed by atoms with Crippen LogP contribution in [-0.4, -0.2) is 74.2 Å². The number of Topliss-reactive ketones (excluding diaryl/α,β-unsaturated/α-hetero) is 1. The quantitative estimate of drug-likeness (QED) is 0.534. The van der Waals surface area contributed by atoms with Crippen LogP contribution in [0.2, 0.25) is 5.02 Å². The number of thioether (sulfide) groups is 1. The van der Waals surface area contributed by atoms with Gasteiger partial charge in [0.2, 0.25) is 0 Å². The van der Waals surface area contributed by atoms with E-state index in [1.54, 1.807) is 18.1 Å². The first-order valence-corrected chi connectivity index (χ1v) is 13.7. The summed E-state index contributed by atoms with van der Waals surface area (Å²) in [6.45, 7) is 2.01. The lowest BCUT2D eigenvalue weighted by Crippen LogP contribution is -2.46. The van der Waals surface area contributed by atoms with E-state index in [4.69, 9.17) is 16.3 Å². The predicted molar refractivity (Wildman–Crippen MR) is 144 cm³/mol. The Bertz CT molecular complexity index is 1060. The molecule has 2 aromatic carbocycles. The normalized spacial score (nSPS) is 22.6. The molecule has 0 saturated carbocycles. The van der Waals surface area contributed by atoms with Crippen molar-refractivity contribution < 1.29 is 19.4 Å². The first-order valence-electron chi connectivity index (χ1n) is 12.4. The number of halogens is 1. The summed E-state index contributed by atoms with van der Waals surface area (Å²) in [6, 6.07) is 12.7. The fourth-order valence-electron chi connectivity index (χ4n) is 4.73. The number of likely N-dealkylation sites (N-methyl/N-ethyl adjacent to an activating group) is 1. The van der Waals surface area contributed by atoms with Crippen LogP contribution in [0, 0.1) is 0 Å². The summed E-state index contributed by atoms with van der Waals surface area (Å²) in [6.07, 6.45) is 2.95. The number of hydrogen-bond acceptors (Lipinski definition) is 7. The van der Waals surface area contributed by atoms with Crippen LogP contribution in [0.1, 0.15) is 36.5 Å². The fraction of sp³-hybridized carbons (Fsp3) is 0.481. The summed E-state index contributed by atoms with van der Waals surface area (Å²) in [4.78, 5) is 30.7. The second-order valence-corrected chi connectivity index (χ2v) is 11.0. The molecule has 3 atom stereocenters. The highest BCUT2D eigenvalue weighted by molar-refractivity contribution is 8.00. The Balaban J connectivity index is 1.50. The summed E-state index contributed by atoms with van der Waals surface area (Å²) >= 11 is 7.98. The molecule has 4 rings (SSSR count). The zero-order chi connectivity index (χ0) is 25.7. The van der Waals surface area contributed by atoms with E-state index >= 15 is 0 Å². The highest BCUT2D eigenvalue weighted by Gasteiger charge is 2.38. The van der Waals surface area contributed by atoms with Crippen LogP contribution in [0.5, 0.6) is 5.75 Å². The molecule has 3 unspecified atom stereocenters. The molecule has 1 amide bonds. The monoisotopic (exact) mass is 531 g/mol. The van der Waals surface area contributed by atoms with Crippen LogP contribution in [0.15, 0.2) is 47.4 Å². The van der Waals surface area contributed by atoms with Crippen LogP contribution >= 0.6 is 23.4 Å². The first kappa shape index (κ1) is 26.9. The Morgan fingerprint density at radius 2 is 2.00 bits per heavy atom. The van der Waals surface area contributed by atoms with Crippen molar-refractivity contribution in [2.45, 2.75) is 48.0 Å². The van der Waals surface area contributed by atoms with E-state index in [2.05, 4.69) is 5.32 Å². The molecule has 194 valence electrons. The van der Waals surface area contributed by atoms with Crippen molar-refractivity contribution >= 4 is 40.7 Å². The van der Waals surface area contributed by atoms with Crippen molar-refractivity contribution in [1.29, 1.82) is 0 Å². The zero-order valence-corrected chi connectivity index (χ0v) is 22.4. The molecule has 36 heavy (non-hydrogen) atoms. The smallest absolute Gasteiger partial charge is 0.257 e. The van der Waals surface area contributed by atoms with Gasteiger partial charge in [-0.2, -0.15) is 0 Å². The Morgan fingerprint density at radius 1 is 1.22 bits per heavy atom. The Morgan fingerprint density at radius 3 is 2.75 bits per heavy atom. The van der Waals surface area contributed by atoms with Gasteiger partial charge in [-0.3, -0.25) is 14.5 Å². The minimum absolute atomic E-state index is 0.0993. The lowest BCUT2D eigenvalue weighted by molar-refractivity contribution is -0.126. The number of aliphatic hydroxyl groups is 1. The van der Waals surface area contributed by atoms with Crippen molar-refractivity contribution in [3.8, 4) is 5.75 Å². The van der Waals surface area contributed by atoms with Gasteiger partial charge in [0.15, 0.2) is 5.78 Å². The van der Waals surface area contributed by atoms with Crippen LogP contribution in [0.25, 0.3) is 0 Å². The highest BCUT2D eigenvalue weighted by Crippen LogP contribution is 2.48. The van der Waals surface area contributed by atoms with E-state index in [-0.39, 0.29) is 17.7 Å². The van der Waals surface area contributed by atoms with E-state index in [0.717, 1.165) is 42.7 Å². The van der Waals surface area contributed by atoms with Gasteiger partial charge in [-0.15, -0.1) is 11.8 Å². The molecule has 7 nitrogen and oxygen atoms in total. The predicted octanol–water partition coefficient (Wildman–Crippen LogP) is 3.92. The lowest BCUT2D eigenvalue weighted by atomic mass is 10.1. The number of ketones is 1. The number of carbonyl (C=O) groups is 2. The molecule has 0 radical (unpaired) electrons. The molecule has 2 aromatic rings. The molecule has 2 aliphatic heterocycles. The maximum Gasteiger partial charge on any atom is 0.257 e. The summed E-state index contributed by atoms with van der Waals surface area (Å²) in [7, 11) is 3.49. The number of nitrogens with one attached hydrogen (secondary N) is 1. The summed E-state index contributed by atoms with van der Waals surface area (Å²) in [5.74, 6) is 0.504. The number of benzene rings is 2. The van der Waals surface area contributed by atoms with Gasteiger partial charge in [0.05, 0.1) is 40.6 Å².